The number of piperidine rings is 1. The van der Waals surface area contributed by atoms with E-state index in [0.717, 1.165) is 12.0 Å². The number of likely N-dealkylation sites (tertiary alicyclic amines) is 2. The van der Waals surface area contributed by atoms with E-state index in [-0.39, 0.29) is 0 Å². The van der Waals surface area contributed by atoms with Crippen LogP contribution < -0.4 is 5.32 Å². The van der Waals surface area contributed by atoms with Gasteiger partial charge in [0.05, 0.1) is 6.17 Å². The molecule has 2 bridgehead atoms. The van der Waals surface area contributed by atoms with Crippen molar-refractivity contribution in [3.63, 3.8) is 0 Å². The van der Waals surface area contributed by atoms with Gasteiger partial charge in [0.2, 0.25) is 0 Å². The maximum absolute atomic E-state index is 4.02. The Morgan fingerprint density at radius 2 is 1.90 bits per heavy atom. The van der Waals surface area contributed by atoms with Crippen LogP contribution in [0.5, 0.6) is 0 Å². The van der Waals surface area contributed by atoms with Crippen molar-refractivity contribution in [2.75, 3.05) is 33.7 Å². The molecule has 0 aliphatic carbocycles. The summed E-state index contributed by atoms with van der Waals surface area (Å²) in [5.74, 6) is 0.734. The van der Waals surface area contributed by atoms with E-state index in [1.165, 1.54) is 50.9 Å². The molecule has 3 aliphatic heterocycles. The first-order valence-corrected chi connectivity index (χ1v) is 8.27. The first-order valence-electron chi connectivity index (χ1n) is 8.27. The quantitative estimate of drug-likeness (QED) is 0.855. The predicted octanol–water partition coefficient (Wildman–Crippen LogP) is 1.90. The van der Waals surface area contributed by atoms with Crippen LogP contribution in [0.15, 0.2) is 24.5 Å². The lowest BCUT2D eigenvalue weighted by atomic mass is 10.0. The van der Waals surface area contributed by atoms with E-state index in [1.54, 1.807) is 0 Å². The zero-order valence-electron chi connectivity index (χ0n) is 13.3. The van der Waals surface area contributed by atoms with E-state index in [0.29, 0.717) is 6.17 Å². The van der Waals surface area contributed by atoms with Crippen molar-refractivity contribution in [2.24, 2.45) is 0 Å². The first-order chi connectivity index (χ1) is 10.2. The van der Waals surface area contributed by atoms with Crippen LogP contribution in [-0.2, 0) is 0 Å². The summed E-state index contributed by atoms with van der Waals surface area (Å²) >= 11 is 0. The summed E-state index contributed by atoms with van der Waals surface area (Å²) in [5, 5.41) is 3.57. The second kappa shape index (κ2) is 6.86. The average molecular weight is 288 g/mol. The van der Waals surface area contributed by atoms with Crippen LogP contribution in [0.1, 0.15) is 37.2 Å². The van der Waals surface area contributed by atoms with E-state index in [2.05, 4.69) is 46.3 Å². The maximum atomic E-state index is 4.02. The summed E-state index contributed by atoms with van der Waals surface area (Å²) in [5.41, 5.74) is 1.44. The molecule has 0 amide bonds. The Hall–Kier alpha value is -0.970. The van der Waals surface area contributed by atoms with Crippen LogP contribution >= 0.6 is 0 Å². The topological polar surface area (TPSA) is 31.4 Å². The van der Waals surface area contributed by atoms with Gasteiger partial charge in [0, 0.05) is 31.5 Å². The molecule has 0 saturated carbocycles. The number of hydrogen-bond donors (Lipinski definition) is 1. The van der Waals surface area contributed by atoms with Crippen LogP contribution in [0.25, 0.3) is 0 Å². The summed E-state index contributed by atoms with van der Waals surface area (Å²) in [6, 6.07) is 5.07. The van der Waals surface area contributed by atoms with Gasteiger partial charge in [-0.05, 0) is 69.9 Å². The summed E-state index contributed by atoms with van der Waals surface area (Å²) in [4.78, 5) is 8.83. The van der Waals surface area contributed by atoms with Gasteiger partial charge in [-0.2, -0.15) is 0 Å². The third kappa shape index (κ3) is 3.82. The van der Waals surface area contributed by atoms with E-state index >= 15 is 0 Å². The summed E-state index contributed by atoms with van der Waals surface area (Å²) < 4.78 is 0. The molecule has 3 unspecified atom stereocenters. The first kappa shape index (κ1) is 14.9. The lowest BCUT2D eigenvalue weighted by molar-refractivity contribution is 0.270. The molecule has 3 atom stereocenters. The molecule has 4 nitrogen and oxygen atoms in total. The highest BCUT2D eigenvalue weighted by atomic mass is 15.3. The Kier molecular flexibility index (Phi) is 4.88. The summed E-state index contributed by atoms with van der Waals surface area (Å²) in [6.07, 6.45) is 9.94. The monoisotopic (exact) mass is 288 g/mol. The van der Waals surface area contributed by atoms with Gasteiger partial charge < -0.3 is 4.90 Å². The van der Waals surface area contributed by atoms with Crippen molar-refractivity contribution in [3.8, 4) is 0 Å². The van der Waals surface area contributed by atoms with E-state index < -0.39 is 0 Å². The number of rotatable bonds is 1. The third-order valence-electron chi connectivity index (χ3n) is 5.07. The van der Waals surface area contributed by atoms with Crippen molar-refractivity contribution in [3.05, 3.63) is 30.1 Å². The smallest absolute Gasteiger partial charge is 0.0597 e. The van der Waals surface area contributed by atoms with Crippen LogP contribution in [0.2, 0.25) is 0 Å². The van der Waals surface area contributed by atoms with Gasteiger partial charge in [0.15, 0.2) is 0 Å². The molecule has 3 aliphatic rings. The lowest BCUT2D eigenvalue weighted by Gasteiger charge is -2.21. The van der Waals surface area contributed by atoms with Crippen molar-refractivity contribution >= 4 is 0 Å². The number of pyridine rings is 1. The van der Waals surface area contributed by atoms with Gasteiger partial charge in [-0.25, -0.2) is 0 Å². The number of likely N-dealkylation sites (N-methyl/N-ethyl adjacent to an activating group) is 2. The largest absolute Gasteiger partial charge is 0.306 e. The molecule has 0 spiro atoms. The fourth-order valence-corrected chi connectivity index (χ4v) is 3.81. The molecule has 4 heterocycles. The molecule has 0 radical (unpaired) electrons. The highest BCUT2D eigenvalue weighted by molar-refractivity contribution is 5.17. The Bertz CT molecular complexity index is 434. The predicted molar refractivity (Wildman–Crippen MR) is 86.3 cm³/mol. The molecule has 3 saturated heterocycles. The zero-order chi connectivity index (χ0) is 14.7. The molecule has 4 heteroatoms. The summed E-state index contributed by atoms with van der Waals surface area (Å²) in [6.45, 7) is 3.70. The van der Waals surface area contributed by atoms with Gasteiger partial charge in [0.1, 0.15) is 0 Å². The van der Waals surface area contributed by atoms with Gasteiger partial charge in [-0.15, -0.1) is 0 Å². The minimum atomic E-state index is 0.712. The molecule has 3 fully saturated rings. The minimum absolute atomic E-state index is 0.712. The van der Waals surface area contributed by atoms with Crippen LogP contribution in [-0.4, -0.2) is 60.7 Å². The number of aromatic nitrogens is 1. The number of fused-ring (bicyclic) bond motifs is 2. The van der Waals surface area contributed by atoms with Gasteiger partial charge in [-0.1, -0.05) is 0 Å². The molecular weight excluding hydrogens is 260 g/mol. The second-order valence-electron chi connectivity index (χ2n) is 6.78. The average Bonchev–Trinajstić information content (AvgIpc) is 3.05. The fraction of sp³-hybridized carbons (Fsp3) is 0.706. The second-order valence-corrected chi connectivity index (χ2v) is 6.78. The lowest BCUT2D eigenvalue weighted by Crippen LogP contribution is -2.37. The Morgan fingerprint density at radius 3 is 2.52 bits per heavy atom. The molecule has 4 rings (SSSR count). The van der Waals surface area contributed by atoms with Gasteiger partial charge in [-0.3, -0.25) is 15.2 Å². The molecule has 116 valence electrons. The van der Waals surface area contributed by atoms with Crippen LogP contribution in [0.3, 0.4) is 0 Å². The number of nitrogens with one attached hydrogen (secondary N) is 1. The van der Waals surface area contributed by atoms with Crippen LogP contribution in [0.4, 0.5) is 0 Å². The van der Waals surface area contributed by atoms with Crippen molar-refractivity contribution in [2.45, 2.75) is 43.8 Å². The maximum Gasteiger partial charge on any atom is 0.0597 e. The Balaban J connectivity index is 0.000000131. The SMILES string of the molecule is CN1CC2CCCC1N2.CN1CCC(c2ccncc2)C1. The van der Waals surface area contributed by atoms with E-state index in [1.807, 2.05) is 12.4 Å². The number of nitrogens with zero attached hydrogens (tertiary/aromatic N) is 3. The highest BCUT2D eigenvalue weighted by Gasteiger charge is 2.31. The highest BCUT2D eigenvalue weighted by Crippen LogP contribution is 2.25. The van der Waals surface area contributed by atoms with Crippen molar-refractivity contribution in [1.29, 1.82) is 0 Å². The normalized spacial score (nSPS) is 32.8. The van der Waals surface area contributed by atoms with Crippen molar-refractivity contribution < 1.29 is 0 Å². The standard InChI is InChI=1S/C10H14N2.C7H14N2/c1-12-7-4-10(8-12)9-2-5-11-6-3-9;1-9-5-6-3-2-4-7(9)8-6/h2-3,5-6,10H,4,7-8H2,1H3;6-8H,2-5H2,1H3. The van der Waals surface area contributed by atoms with Crippen LogP contribution in [0, 0.1) is 0 Å². The Labute approximate surface area is 128 Å². The molecule has 1 aromatic rings. The molecule has 1 N–H and O–H groups in total. The number of hydrogen-bond acceptors (Lipinski definition) is 4. The minimum Gasteiger partial charge on any atom is -0.306 e. The molecular formula is C17H28N4. The molecule has 0 aromatic carbocycles. The zero-order valence-corrected chi connectivity index (χ0v) is 13.3. The van der Waals surface area contributed by atoms with Crippen molar-refractivity contribution in [1.82, 2.24) is 20.1 Å². The Morgan fingerprint density at radius 1 is 1.10 bits per heavy atom. The van der Waals surface area contributed by atoms with E-state index in [9.17, 15) is 0 Å². The summed E-state index contributed by atoms with van der Waals surface area (Å²) in [7, 11) is 4.39. The van der Waals surface area contributed by atoms with Gasteiger partial charge >= 0.3 is 0 Å². The molecule has 21 heavy (non-hydrogen) atoms. The van der Waals surface area contributed by atoms with E-state index in [4.69, 9.17) is 0 Å². The van der Waals surface area contributed by atoms with Gasteiger partial charge in [0.25, 0.3) is 0 Å². The fourth-order valence-electron chi connectivity index (χ4n) is 3.81. The third-order valence-corrected chi connectivity index (χ3v) is 5.07. The molecule has 1 aromatic heterocycles.